The first-order chi connectivity index (χ1) is 20.8. The van der Waals surface area contributed by atoms with Gasteiger partial charge in [0.2, 0.25) is 0 Å². The van der Waals surface area contributed by atoms with Gasteiger partial charge < -0.3 is 0 Å². The molecule has 0 fully saturated rings. The number of hydrogen-bond donors (Lipinski definition) is 0. The number of benzene rings is 6. The molecule has 0 aliphatic carbocycles. The highest BCUT2D eigenvalue weighted by Gasteiger charge is 2.10. The van der Waals surface area contributed by atoms with E-state index in [2.05, 4.69) is 140 Å². The van der Waals surface area contributed by atoms with Gasteiger partial charge in [0.1, 0.15) is 0 Å². The summed E-state index contributed by atoms with van der Waals surface area (Å²) >= 11 is 0. The Balaban J connectivity index is 1.15. The van der Waals surface area contributed by atoms with Crippen molar-refractivity contribution in [2.45, 2.75) is 0 Å². The molecule has 0 aliphatic heterocycles. The molecule has 8 rings (SSSR count). The predicted molar refractivity (Wildman–Crippen MR) is 176 cm³/mol. The zero-order valence-electron chi connectivity index (χ0n) is 22.9. The fourth-order valence-electron chi connectivity index (χ4n) is 5.78. The molecule has 0 spiro atoms. The maximum absolute atomic E-state index is 5.16. The van der Waals surface area contributed by atoms with Crippen molar-refractivity contribution in [3.8, 4) is 44.8 Å². The number of hydrogen-bond acceptors (Lipinski definition) is 2. The minimum atomic E-state index is 0.924. The predicted octanol–water partition coefficient (Wildman–Crippen LogP) is 10.6. The Labute approximate surface area is 244 Å². The number of aromatic nitrogens is 2. The molecule has 0 saturated heterocycles. The molecule has 0 radical (unpaired) electrons. The molecule has 8 aromatic rings. The Morgan fingerprint density at radius 1 is 0.262 bits per heavy atom. The van der Waals surface area contributed by atoms with Gasteiger partial charge in [-0.15, -0.1) is 0 Å². The van der Waals surface area contributed by atoms with E-state index in [1.807, 2.05) is 18.2 Å². The van der Waals surface area contributed by atoms with E-state index in [4.69, 9.17) is 9.97 Å². The van der Waals surface area contributed by atoms with Crippen LogP contribution >= 0.6 is 0 Å². The molecule has 2 heterocycles. The van der Waals surface area contributed by atoms with Crippen LogP contribution in [-0.2, 0) is 0 Å². The van der Waals surface area contributed by atoms with Crippen molar-refractivity contribution in [3.05, 3.63) is 158 Å². The second-order valence-electron chi connectivity index (χ2n) is 10.7. The number of pyridine rings is 2. The minimum Gasteiger partial charge on any atom is -0.245 e. The summed E-state index contributed by atoms with van der Waals surface area (Å²) in [7, 11) is 0. The molecular formula is C40H26N2. The fraction of sp³-hybridized carbons (Fsp3) is 0. The molecular weight excluding hydrogens is 508 g/mol. The van der Waals surface area contributed by atoms with E-state index >= 15 is 0 Å². The summed E-state index contributed by atoms with van der Waals surface area (Å²) in [5.74, 6) is 0. The first kappa shape index (κ1) is 24.2. The highest BCUT2D eigenvalue weighted by Crippen LogP contribution is 2.32. The summed E-state index contributed by atoms with van der Waals surface area (Å²) in [5, 5.41) is 4.70. The number of rotatable bonds is 4. The maximum atomic E-state index is 5.16. The SMILES string of the molecule is c1ccc(-c2ccc3ccc4ccc(-c5cccc(-c6ccc(-c7ccc8ccccc8c7)cc6)c5)nc4c3n2)cc1. The molecule has 0 N–H and O–H groups in total. The molecule has 0 saturated carbocycles. The summed E-state index contributed by atoms with van der Waals surface area (Å²) in [6.45, 7) is 0. The second-order valence-corrected chi connectivity index (χ2v) is 10.7. The lowest BCUT2D eigenvalue weighted by molar-refractivity contribution is 1.36. The highest BCUT2D eigenvalue weighted by atomic mass is 14.8. The van der Waals surface area contributed by atoms with Crippen LogP contribution in [0.2, 0.25) is 0 Å². The van der Waals surface area contributed by atoms with Crippen LogP contribution in [0.25, 0.3) is 77.3 Å². The van der Waals surface area contributed by atoms with Crippen LogP contribution in [-0.4, -0.2) is 9.97 Å². The van der Waals surface area contributed by atoms with Crippen molar-refractivity contribution in [1.82, 2.24) is 9.97 Å². The van der Waals surface area contributed by atoms with Crippen molar-refractivity contribution < 1.29 is 0 Å². The Bertz CT molecular complexity index is 2230. The summed E-state index contributed by atoms with van der Waals surface area (Å²) in [6.07, 6.45) is 0. The van der Waals surface area contributed by atoms with Crippen molar-refractivity contribution in [1.29, 1.82) is 0 Å². The molecule has 0 bridgehead atoms. The lowest BCUT2D eigenvalue weighted by Crippen LogP contribution is -1.91. The van der Waals surface area contributed by atoms with E-state index in [0.29, 0.717) is 0 Å². The van der Waals surface area contributed by atoms with Crippen LogP contribution in [0.5, 0.6) is 0 Å². The van der Waals surface area contributed by atoms with E-state index in [1.54, 1.807) is 0 Å². The van der Waals surface area contributed by atoms with Crippen molar-refractivity contribution in [2.75, 3.05) is 0 Å². The molecule has 2 nitrogen and oxygen atoms in total. The molecule has 196 valence electrons. The van der Waals surface area contributed by atoms with Gasteiger partial charge in [-0.05, 0) is 57.3 Å². The fourth-order valence-corrected chi connectivity index (χ4v) is 5.78. The summed E-state index contributed by atoms with van der Waals surface area (Å²) < 4.78 is 0. The Hall–Kier alpha value is -5.60. The average molecular weight is 535 g/mol. The Morgan fingerprint density at radius 3 is 1.43 bits per heavy atom. The molecule has 2 heteroatoms. The van der Waals surface area contributed by atoms with Gasteiger partial charge in [0.05, 0.1) is 22.4 Å². The van der Waals surface area contributed by atoms with E-state index < -0.39 is 0 Å². The van der Waals surface area contributed by atoms with Gasteiger partial charge in [0.15, 0.2) is 0 Å². The van der Waals surface area contributed by atoms with Gasteiger partial charge in [0.25, 0.3) is 0 Å². The second kappa shape index (κ2) is 10.1. The first-order valence-electron chi connectivity index (χ1n) is 14.2. The lowest BCUT2D eigenvalue weighted by atomic mass is 9.97. The summed E-state index contributed by atoms with van der Waals surface area (Å²) in [5.41, 5.74) is 10.7. The minimum absolute atomic E-state index is 0.924. The van der Waals surface area contributed by atoms with Gasteiger partial charge in [-0.3, -0.25) is 0 Å². The van der Waals surface area contributed by atoms with Gasteiger partial charge >= 0.3 is 0 Å². The lowest BCUT2D eigenvalue weighted by Gasteiger charge is -2.10. The molecule has 0 unspecified atom stereocenters. The third kappa shape index (κ3) is 4.40. The zero-order chi connectivity index (χ0) is 27.9. The highest BCUT2D eigenvalue weighted by molar-refractivity contribution is 6.04. The first-order valence-corrected chi connectivity index (χ1v) is 14.2. The topological polar surface area (TPSA) is 25.8 Å². The summed E-state index contributed by atoms with van der Waals surface area (Å²) in [4.78, 5) is 10.2. The van der Waals surface area contributed by atoms with E-state index in [9.17, 15) is 0 Å². The van der Waals surface area contributed by atoms with Crippen LogP contribution in [0, 0.1) is 0 Å². The van der Waals surface area contributed by atoms with Crippen LogP contribution in [0.1, 0.15) is 0 Å². The van der Waals surface area contributed by atoms with E-state index in [-0.39, 0.29) is 0 Å². The number of fused-ring (bicyclic) bond motifs is 4. The molecule has 0 amide bonds. The standard InChI is InChI=1S/C40H26N2/c1-2-8-30(9-3-1)37-23-21-31-18-19-32-22-24-38(42-40(32)39(31)41-37)36-12-6-11-34(26-36)28-13-15-29(16-14-28)35-20-17-27-7-4-5-10-33(27)25-35/h1-26H. The molecule has 0 atom stereocenters. The van der Waals surface area contributed by atoms with Gasteiger partial charge in [-0.25, -0.2) is 9.97 Å². The van der Waals surface area contributed by atoms with Crippen molar-refractivity contribution in [3.63, 3.8) is 0 Å². The third-order valence-corrected chi connectivity index (χ3v) is 8.05. The Kier molecular flexibility index (Phi) is 5.82. The van der Waals surface area contributed by atoms with Crippen LogP contribution in [0.4, 0.5) is 0 Å². The van der Waals surface area contributed by atoms with Crippen LogP contribution in [0.3, 0.4) is 0 Å². The average Bonchev–Trinajstić information content (AvgIpc) is 3.08. The van der Waals surface area contributed by atoms with Crippen molar-refractivity contribution >= 4 is 32.6 Å². The molecule has 6 aromatic carbocycles. The van der Waals surface area contributed by atoms with Crippen LogP contribution in [0.15, 0.2) is 158 Å². The number of nitrogens with zero attached hydrogens (tertiary/aromatic N) is 2. The molecule has 2 aromatic heterocycles. The van der Waals surface area contributed by atoms with E-state index in [1.165, 1.54) is 33.0 Å². The maximum Gasteiger partial charge on any atom is 0.0972 e. The van der Waals surface area contributed by atoms with E-state index in [0.717, 1.165) is 44.3 Å². The molecule has 0 aliphatic rings. The van der Waals surface area contributed by atoms with Gasteiger partial charge in [-0.2, -0.15) is 0 Å². The van der Waals surface area contributed by atoms with Crippen LogP contribution < -0.4 is 0 Å². The smallest absolute Gasteiger partial charge is 0.0972 e. The van der Waals surface area contributed by atoms with Crippen molar-refractivity contribution in [2.24, 2.45) is 0 Å². The van der Waals surface area contributed by atoms with Gasteiger partial charge in [0, 0.05) is 21.9 Å². The quantitative estimate of drug-likeness (QED) is 0.210. The summed E-state index contributed by atoms with van der Waals surface area (Å²) in [6, 6.07) is 55.7. The monoisotopic (exact) mass is 534 g/mol. The largest absolute Gasteiger partial charge is 0.245 e. The normalized spacial score (nSPS) is 11.3. The van der Waals surface area contributed by atoms with Gasteiger partial charge in [-0.1, -0.05) is 133 Å². The molecule has 42 heavy (non-hydrogen) atoms. The Morgan fingerprint density at radius 2 is 0.738 bits per heavy atom. The third-order valence-electron chi connectivity index (χ3n) is 8.05. The zero-order valence-corrected chi connectivity index (χ0v) is 22.9.